The van der Waals surface area contributed by atoms with Crippen molar-refractivity contribution in [2.75, 3.05) is 13.7 Å². The van der Waals surface area contributed by atoms with E-state index in [9.17, 15) is 55.5 Å². The molecule has 0 radical (unpaired) electrons. The average molecular weight is 955 g/mol. The van der Waals surface area contributed by atoms with Crippen molar-refractivity contribution in [3.63, 3.8) is 0 Å². The molecule has 0 aromatic rings. The summed E-state index contributed by atoms with van der Waals surface area (Å²) in [5, 5.41) is 96.1. The second-order valence-electron chi connectivity index (χ2n) is 23.7. The Balaban J connectivity index is 1.03. The molecule has 0 bridgehead atoms. The van der Waals surface area contributed by atoms with Gasteiger partial charge in [0.15, 0.2) is 18.7 Å². The van der Waals surface area contributed by atoms with Crippen molar-refractivity contribution in [3.05, 3.63) is 11.6 Å². The molecule has 18 heteroatoms. The maximum Gasteiger partial charge on any atom is 0.337 e. The van der Waals surface area contributed by atoms with E-state index in [-0.39, 0.29) is 39.4 Å². The summed E-state index contributed by atoms with van der Waals surface area (Å²) in [5.74, 6) is -1.17. The van der Waals surface area contributed by atoms with Crippen LogP contribution in [0.15, 0.2) is 11.6 Å². The number of hydrogen-bond acceptors (Lipinski definition) is 18. The second kappa shape index (κ2) is 18.0. The molecule has 3 heterocycles. The van der Waals surface area contributed by atoms with Crippen molar-refractivity contribution in [2.45, 2.75) is 218 Å². The van der Waals surface area contributed by atoms with Crippen molar-refractivity contribution < 1.29 is 88.7 Å². The van der Waals surface area contributed by atoms with Gasteiger partial charge in [-0.15, -0.1) is 0 Å². The number of aliphatic hydroxyl groups is 9. The lowest BCUT2D eigenvalue weighted by molar-refractivity contribution is -0.363. The van der Waals surface area contributed by atoms with Crippen LogP contribution in [0.5, 0.6) is 0 Å². The number of carbonyl (C=O) groups is 2. The highest BCUT2D eigenvalue weighted by Crippen LogP contribution is 2.76. The Kier molecular flexibility index (Phi) is 13.8. The first kappa shape index (κ1) is 51.5. The normalized spacial score (nSPS) is 52.6. The molecule has 4 saturated carbocycles. The molecular weight excluding hydrogens is 877 g/mol. The van der Waals surface area contributed by atoms with Crippen LogP contribution in [0.4, 0.5) is 0 Å². The number of hydrogen-bond donors (Lipinski definition) is 9. The van der Waals surface area contributed by atoms with Crippen LogP contribution >= 0.6 is 0 Å². The van der Waals surface area contributed by atoms with E-state index in [2.05, 4.69) is 54.5 Å². The molecule has 5 aliphatic carbocycles. The third kappa shape index (κ3) is 8.07. The Bertz CT molecular complexity index is 1880. The fraction of sp³-hybridized carbons (Fsp3) is 0.918. The molecule has 23 atom stereocenters. The third-order valence-corrected chi connectivity index (χ3v) is 19.4. The van der Waals surface area contributed by atoms with Gasteiger partial charge < -0.3 is 79.1 Å². The molecule has 8 aliphatic rings. The van der Waals surface area contributed by atoms with E-state index in [1.165, 1.54) is 12.5 Å². The van der Waals surface area contributed by atoms with Crippen molar-refractivity contribution in [1.29, 1.82) is 0 Å². The average Bonchev–Trinajstić information content (AvgIpc) is 3.27. The van der Waals surface area contributed by atoms with E-state index < -0.39 is 128 Å². The van der Waals surface area contributed by atoms with Crippen molar-refractivity contribution >= 4 is 11.9 Å². The minimum atomic E-state index is -1.78. The molecule has 7 fully saturated rings. The van der Waals surface area contributed by atoms with Gasteiger partial charge in [-0.3, -0.25) is 4.79 Å². The maximum atomic E-state index is 14.7. The number of methoxy groups -OCH3 is 1. The van der Waals surface area contributed by atoms with E-state index in [1.807, 2.05) is 0 Å². The molecule has 18 nitrogen and oxygen atoms in total. The minimum Gasteiger partial charge on any atom is -0.467 e. The van der Waals surface area contributed by atoms with E-state index >= 15 is 0 Å². The van der Waals surface area contributed by atoms with Gasteiger partial charge in [0.05, 0.1) is 31.3 Å². The number of fused-ring (bicyclic) bond motifs is 7. The van der Waals surface area contributed by atoms with E-state index in [1.54, 1.807) is 0 Å². The molecular formula is C49H78O18. The lowest BCUT2D eigenvalue weighted by atomic mass is 9.33. The summed E-state index contributed by atoms with van der Waals surface area (Å²) in [6.45, 7) is 16.9. The lowest BCUT2D eigenvalue weighted by Gasteiger charge is -2.71. The molecule has 3 aliphatic heterocycles. The molecule has 0 aromatic heterocycles. The smallest absolute Gasteiger partial charge is 0.337 e. The van der Waals surface area contributed by atoms with Crippen molar-refractivity contribution in [3.8, 4) is 0 Å². The molecule has 1 unspecified atom stereocenters. The zero-order valence-corrected chi connectivity index (χ0v) is 40.5. The molecule has 9 N–H and O–H groups in total. The molecule has 0 aromatic carbocycles. The highest BCUT2D eigenvalue weighted by atomic mass is 16.7. The summed E-state index contributed by atoms with van der Waals surface area (Å²) in [5.41, 5.74) is -0.765. The Morgan fingerprint density at radius 3 is 2.00 bits per heavy atom. The zero-order valence-electron chi connectivity index (χ0n) is 40.5. The van der Waals surface area contributed by atoms with Crippen LogP contribution in [-0.2, 0) is 42.7 Å². The van der Waals surface area contributed by atoms with Gasteiger partial charge >= 0.3 is 11.9 Å². The Morgan fingerprint density at radius 1 is 0.687 bits per heavy atom. The highest BCUT2D eigenvalue weighted by Gasteiger charge is 2.70. The number of ether oxygens (including phenoxy) is 7. The fourth-order valence-electron chi connectivity index (χ4n) is 15.1. The van der Waals surface area contributed by atoms with Gasteiger partial charge in [0.2, 0.25) is 6.29 Å². The Hall–Kier alpha value is -1.88. The topological polar surface area (TPSA) is 281 Å². The Morgan fingerprint density at radius 2 is 1.33 bits per heavy atom. The summed E-state index contributed by atoms with van der Waals surface area (Å²) in [6.07, 6.45) is -13.9. The monoisotopic (exact) mass is 955 g/mol. The SMILES string of the molecule is COC(=O)[C@H]1OC(O[C@H]2CC[C@]3(C)[C@H]4CC=C5[C@@H]6CC(C)(C)CC[C@]6(C(=O)O[C@@H]6O[C@H](CO)[C@@H](O)[C@H](O)[C@H]6O)CC[C@@]5(C)[C@]4(C)CC[C@H]3C2(C)C)[C@H](O)[C@@H](O[C@@H]2O[C@@H](C)[C@H](O)[C@@H](O)[C@H]2O)[C@@H]1O. The Labute approximate surface area is 393 Å². The lowest BCUT2D eigenvalue weighted by Crippen LogP contribution is -2.67. The number of aliphatic hydroxyl groups excluding tert-OH is 9. The number of carbonyl (C=O) groups excluding carboxylic acids is 2. The molecule has 3 saturated heterocycles. The molecule has 382 valence electrons. The van der Waals surface area contributed by atoms with Crippen LogP contribution in [0.2, 0.25) is 0 Å². The van der Waals surface area contributed by atoms with Crippen LogP contribution < -0.4 is 0 Å². The zero-order chi connectivity index (χ0) is 49.1. The van der Waals surface area contributed by atoms with Crippen molar-refractivity contribution in [2.24, 2.45) is 50.2 Å². The number of allylic oxidation sites excluding steroid dienone is 2. The quantitative estimate of drug-likeness (QED) is 0.0943. The number of rotatable bonds is 8. The maximum absolute atomic E-state index is 14.7. The van der Waals surface area contributed by atoms with Crippen LogP contribution in [-0.4, -0.2) is 170 Å². The van der Waals surface area contributed by atoms with Gasteiger partial charge in [0, 0.05) is 0 Å². The highest BCUT2D eigenvalue weighted by molar-refractivity contribution is 5.79. The second-order valence-corrected chi connectivity index (χ2v) is 23.7. The number of esters is 2. The molecule has 8 rings (SSSR count). The third-order valence-electron chi connectivity index (χ3n) is 19.4. The predicted octanol–water partition coefficient (Wildman–Crippen LogP) is 1.35. The van der Waals surface area contributed by atoms with Crippen molar-refractivity contribution in [1.82, 2.24) is 0 Å². The predicted molar refractivity (Wildman–Crippen MR) is 234 cm³/mol. The van der Waals surface area contributed by atoms with E-state index in [0.29, 0.717) is 19.3 Å². The van der Waals surface area contributed by atoms with Gasteiger partial charge in [-0.1, -0.05) is 60.1 Å². The first-order valence-electron chi connectivity index (χ1n) is 24.5. The summed E-state index contributed by atoms with van der Waals surface area (Å²) in [4.78, 5) is 27.7. The van der Waals surface area contributed by atoms with Crippen LogP contribution in [0.3, 0.4) is 0 Å². The van der Waals surface area contributed by atoms with Crippen LogP contribution in [0, 0.1) is 50.2 Å². The summed E-state index contributed by atoms with van der Waals surface area (Å²) in [6, 6.07) is 0. The van der Waals surface area contributed by atoms with Gasteiger partial charge in [-0.2, -0.15) is 0 Å². The van der Waals surface area contributed by atoms with Crippen LogP contribution in [0.1, 0.15) is 120 Å². The van der Waals surface area contributed by atoms with E-state index in [0.717, 1.165) is 52.1 Å². The van der Waals surface area contributed by atoms with E-state index in [4.69, 9.17) is 33.2 Å². The molecule has 0 amide bonds. The molecule has 0 spiro atoms. The fourth-order valence-corrected chi connectivity index (χ4v) is 15.1. The first-order valence-corrected chi connectivity index (χ1v) is 24.5. The molecule has 67 heavy (non-hydrogen) atoms. The minimum absolute atomic E-state index is 0.0628. The van der Waals surface area contributed by atoms with Gasteiger partial charge in [0.1, 0.15) is 61.0 Å². The summed E-state index contributed by atoms with van der Waals surface area (Å²) < 4.78 is 40.8. The standard InChI is InChI=1S/C49H78O18/c1-22-29(51)31(53)33(55)40(62-22)65-37-35(57)38(39(59)61-9)66-42(36(37)58)64-28-13-14-46(6)26(45(28,4)5)12-15-48(8)27(46)11-10-23-24-20-44(2,3)16-18-49(24,19-17-47(23,48)7)43(60)67-41-34(56)32(54)30(52)25(21-50)63-41/h10,22,24-38,40-42,50-58H,11-21H2,1-9H3/t22-,24-,25+,26-,27+,28-,29-,30+,31+,32-,33+,34+,35-,36+,37-,38-,40-,41-,42?,46-,47+,48+,49-/m0/s1. The van der Waals surface area contributed by atoms with Gasteiger partial charge in [-0.05, 0) is 116 Å². The summed E-state index contributed by atoms with van der Waals surface area (Å²) in [7, 11) is 1.13. The van der Waals surface area contributed by atoms with Gasteiger partial charge in [-0.25, -0.2) is 4.79 Å². The summed E-state index contributed by atoms with van der Waals surface area (Å²) >= 11 is 0. The van der Waals surface area contributed by atoms with Crippen LogP contribution in [0.25, 0.3) is 0 Å². The first-order chi connectivity index (χ1) is 31.2. The van der Waals surface area contributed by atoms with Gasteiger partial charge in [0.25, 0.3) is 0 Å². The largest absolute Gasteiger partial charge is 0.467 e.